The molecule has 0 radical (unpaired) electrons. The summed E-state index contributed by atoms with van der Waals surface area (Å²) in [5.74, 6) is 1.07. The van der Waals surface area contributed by atoms with Gasteiger partial charge in [0.25, 0.3) is 5.91 Å². The third-order valence-corrected chi connectivity index (χ3v) is 3.94. The Balaban J connectivity index is 1.64. The molecule has 2 N–H and O–H groups in total. The third-order valence-electron chi connectivity index (χ3n) is 3.94. The standard InChI is InChI=1S/C15H20N4O3/c1-9-13(19-10(2)22-9)15(20)16-6-11-4-3-5-21-14(11)12-7-17-18-8-12/h7-8,11,14H,3-6H2,1-2H3,(H,16,20)(H,17,18)/t11-,14+/m0/s1. The van der Waals surface area contributed by atoms with Crippen LogP contribution in [0.25, 0.3) is 0 Å². The number of ether oxygens (including phenoxy) is 1. The average molecular weight is 304 g/mol. The highest BCUT2D eigenvalue weighted by Crippen LogP contribution is 2.32. The number of hydrogen-bond acceptors (Lipinski definition) is 5. The predicted molar refractivity (Wildman–Crippen MR) is 78.3 cm³/mol. The summed E-state index contributed by atoms with van der Waals surface area (Å²) >= 11 is 0. The minimum atomic E-state index is -0.203. The zero-order valence-electron chi connectivity index (χ0n) is 12.8. The van der Waals surface area contributed by atoms with Crippen LogP contribution in [0.5, 0.6) is 0 Å². The fraction of sp³-hybridized carbons (Fsp3) is 0.533. The predicted octanol–water partition coefficient (Wildman–Crippen LogP) is 1.91. The minimum absolute atomic E-state index is 0.0343. The zero-order valence-corrected chi connectivity index (χ0v) is 12.8. The first-order valence-corrected chi connectivity index (χ1v) is 7.47. The van der Waals surface area contributed by atoms with Crippen LogP contribution in [0.3, 0.4) is 0 Å². The van der Waals surface area contributed by atoms with Gasteiger partial charge in [-0.25, -0.2) is 4.98 Å². The second-order valence-electron chi connectivity index (χ2n) is 5.57. The number of amides is 1. The van der Waals surface area contributed by atoms with Gasteiger partial charge in [-0.1, -0.05) is 0 Å². The lowest BCUT2D eigenvalue weighted by molar-refractivity contribution is -0.0272. The van der Waals surface area contributed by atoms with Crippen molar-refractivity contribution in [2.45, 2.75) is 32.8 Å². The van der Waals surface area contributed by atoms with E-state index in [2.05, 4.69) is 20.5 Å². The molecule has 3 rings (SSSR count). The molecule has 1 aliphatic rings. The van der Waals surface area contributed by atoms with Gasteiger partial charge in [0.05, 0.1) is 12.3 Å². The number of carbonyl (C=O) groups is 1. The molecular weight excluding hydrogens is 284 g/mol. The number of aromatic nitrogens is 3. The highest BCUT2D eigenvalue weighted by atomic mass is 16.5. The number of carbonyl (C=O) groups excluding carboxylic acids is 1. The van der Waals surface area contributed by atoms with Gasteiger partial charge in [0.2, 0.25) is 0 Å². The van der Waals surface area contributed by atoms with Crippen molar-refractivity contribution < 1.29 is 13.9 Å². The Bertz CT molecular complexity index is 635. The van der Waals surface area contributed by atoms with E-state index in [1.807, 2.05) is 6.20 Å². The van der Waals surface area contributed by atoms with E-state index in [0.29, 0.717) is 23.9 Å². The van der Waals surface area contributed by atoms with Crippen molar-refractivity contribution in [2.24, 2.45) is 5.92 Å². The van der Waals surface area contributed by atoms with Gasteiger partial charge in [-0.3, -0.25) is 9.89 Å². The van der Waals surface area contributed by atoms with Crippen LogP contribution in [0, 0.1) is 19.8 Å². The van der Waals surface area contributed by atoms with Crippen molar-refractivity contribution in [3.05, 3.63) is 35.3 Å². The number of nitrogens with one attached hydrogen (secondary N) is 2. The minimum Gasteiger partial charge on any atom is -0.445 e. The van der Waals surface area contributed by atoms with Crippen molar-refractivity contribution in [2.75, 3.05) is 13.2 Å². The molecule has 0 saturated carbocycles. The number of aromatic amines is 1. The second kappa shape index (κ2) is 6.31. The van der Waals surface area contributed by atoms with E-state index in [9.17, 15) is 4.79 Å². The van der Waals surface area contributed by atoms with Crippen LogP contribution in [0.1, 0.15) is 46.6 Å². The van der Waals surface area contributed by atoms with Crippen molar-refractivity contribution in [3.8, 4) is 0 Å². The maximum atomic E-state index is 12.2. The number of hydrogen-bond donors (Lipinski definition) is 2. The van der Waals surface area contributed by atoms with Gasteiger partial charge in [0.15, 0.2) is 11.6 Å². The molecule has 1 amide bonds. The van der Waals surface area contributed by atoms with Gasteiger partial charge in [-0.2, -0.15) is 5.10 Å². The van der Waals surface area contributed by atoms with Crippen LogP contribution in [-0.4, -0.2) is 34.2 Å². The highest BCUT2D eigenvalue weighted by molar-refractivity contribution is 5.93. The number of aryl methyl sites for hydroxylation is 2. The van der Waals surface area contributed by atoms with Crippen LogP contribution < -0.4 is 5.32 Å². The molecule has 1 saturated heterocycles. The molecule has 0 spiro atoms. The van der Waals surface area contributed by atoms with Gasteiger partial charge in [0, 0.05) is 37.8 Å². The molecule has 7 heteroatoms. The summed E-state index contributed by atoms with van der Waals surface area (Å²) in [5.41, 5.74) is 1.38. The zero-order chi connectivity index (χ0) is 15.5. The molecule has 2 atom stereocenters. The van der Waals surface area contributed by atoms with E-state index in [-0.39, 0.29) is 17.9 Å². The van der Waals surface area contributed by atoms with E-state index in [4.69, 9.17) is 9.15 Å². The van der Waals surface area contributed by atoms with Crippen molar-refractivity contribution in [3.63, 3.8) is 0 Å². The summed E-state index contributed by atoms with van der Waals surface area (Å²) in [6, 6.07) is 0. The van der Waals surface area contributed by atoms with Gasteiger partial charge < -0.3 is 14.5 Å². The third kappa shape index (κ3) is 3.04. The molecule has 7 nitrogen and oxygen atoms in total. The van der Waals surface area contributed by atoms with E-state index >= 15 is 0 Å². The SMILES string of the molecule is Cc1nc(C(=O)NC[C@@H]2CCCO[C@H]2c2cn[nH]c2)c(C)o1. The maximum absolute atomic E-state index is 12.2. The van der Waals surface area contributed by atoms with Gasteiger partial charge in [0.1, 0.15) is 5.76 Å². The quantitative estimate of drug-likeness (QED) is 0.900. The molecule has 1 aliphatic heterocycles. The summed E-state index contributed by atoms with van der Waals surface area (Å²) in [6.07, 6.45) is 5.59. The first-order chi connectivity index (χ1) is 10.6. The summed E-state index contributed by atoms with van der Waals surface area (Å²) < 4.78 is 11.2. The molecule has 2 aromatic heterocycles. The normalized spacial score (nSPS) is 21.7. The van der Waals surface area contributed by atoms with Gasteiger partial charge in [-0.05, 0) is 19.8 Å². The molecular formula is C15H20N4O3. The number of rotatable bonds is 4. The Morgan fingerprint density at radius 2 is 2.36 bits per heavy atom. The van der Waals surface area contributed by atoms with Crippen molar-refractivity contribution in [1.29, 1.82) is 0 Å². The summed E-state index contributed by atoms with van der Waals surface area (Å²) in [4.78, 5) is 16.3. The van der Waals surface area contributed by atoms with E-state index in [1.54, 1.807) is 20.0 Å². The van der Waals surface area contributed by atoms with E-state index in [0.717, 1.165) is 25.0 Å². The first kappa shape index (κ1) is 14.8. The lowest BCUT2D eigenvalue weighted by Crippen LogP contribution is -2.35. The fourth-order valence-corrected chi connectivity index (χ4v) is 2.88. The van der Waals surface area contributed by atoms with E-state index < -0.39 is 0 Å². The Morgan fingerprint density at radius 3 is 3.05 bits per heavy atom. The van der Waals surface area contributed by atoms with Crippen molar-refractivity contribution in [1.82, 2.24) is 20.5 Å². The fourth-order valence-electron chi connectivity index (χ4n) is 2.88. The Morgan fingerprint density at radius 1 is 1.50 bits per heavy atom. The molecule has 118 valence electrons. The summed E-state index contributed by atoms with van der Waals surface area (Å²) in [7, 11) is 0. The lowest BCUT2D eigenvalue weighted by Gasteiger charge is -2.31. The number of nitrogens with zero attached hydrogens (tertiary/aromatic N) is 2. The summed E-state index contributed by atoms with van der Waals surface area (Å²) in [5, 5.41) is 9.73. The van der Waals surface area contributed by atoms with Crippen LogP contribution in [0.2, 0.25) is 0 Å². The van der Waals surface area contributed by atoms with Crippen molar-refractivity contribution >= 4 is 5.91 Å². The van der Waals surface area contributed by atoms with Gasteiger partial charge >= 0.3 is 0 Å². The topological polar surface area (TPSA) is 93.0 Å². The maximum Gasteiger partial charge on any atom is 0.273 e. The second-order valence-corrected chi connectivity index (χ2v) is 5.57. The Labute approximate surface area is 128 Å². The lowest BCUT2D eigenvalue weighted by atomic mass is 9.91. The average Bonchev–Trinajstić information content (AvgIpc) is 3.15. The Kier molecular flexibility index (Phi) is 4.24. The number of oxazole rings is 1. The molecule has 3 heterocycles. The van der Waals surface area contributed by atoms with Gasteiger partial charge in [-0.15, -0.1) is 0 Å². The molecule has 0 unspecified atom stereocenters. The number of H-pyrrole nitrogens is 1. The first-order valence-electron chi connectivity index (χ1n) is 7.47. The molecule has 22 heavy (non-hydrogen) atoms. The largest absolute Gasteiger partial charge is 0.445 e. The monoisotopic (exact) mass is 304 g/mol. The summed E-state index contributed by atoms with van der Waals surface area (Å²) in [6.45, 7) is 4.75. The molecule has 1 fully saturated rings. The van der Waals surface area contributed by atoms with Crippen LogP contribution in [0.4, 0.5) is 0 Å². The Hall–Kier alpha value is -2.15. The van der Waals surface area contributed by atoms with E-state index in [1.165, 1.54) is 0 Å². The van der Waals surface area contributed by atoms with Crippen LogP contribution >= 0.6 is 0 Å². The molecule has 0 bridgehead atoms. The highest BCUT2D eigenvalue weighted by Gasteiger charge is 2.29. The smallest absolute Gasteiger partial charge is 0.273 e. The van der Waals surface area contributed by atoms with Crippen LogP contribution in [-0.2, 0) is 4.74 Å². The van der Waals surface area contributed by atoms with Crippen LogP contribution in [0.15, 0.2) is 16.8 Å². The molecule has 0 aromatic carbocycles. The molecule has 0 aliphatic carbocycles. The molecule has 2 aromatic rings.